The van der Waals surface area contributed by atoms with Crippen LogP contribution in [-0.2, 0) is 6.54 Å². The number of hydrogen-bond donors (Lipinski definition) is 1. The Bertz CT molecular complexity index is 346. The summed E-state index contributed by atoms with van der Waals surface area (Å²) in [5.41, 5.74) is 1.09. The molecule has 18 heavy (non-hydrogen) atoms. The highest BCUT2D eigenvalue weighted by Crippen LogP contribution is 2.34. The molecule has 0 saturated heterocycles. The van der Waals surface area contributed by atoms with Gasteiger partial charge in [-0.1, -0.05) is 43.5 Å². The Morgan fingerprint density at radius 3 is 2.33 bits per heavy atom. The van der Waals surface area contributed by atoms with Gasteiger partial charge in [0.1, 0.15) is 0 Å². The first-order valence-electron chi connectivity index (χ1n) is 6.50. The maximum atomic E-state index is 6.17. The van der Waals surface area contributed by atoms with Crippen molar-refractivity contribution in [3.63, 3.8) is 0 Å². The molecule has 0 aliphatic heterocycles. The number of hydrogen-bond acceptors (Lipinski definition) is 2. The van der Waals surface area contributed by atoms with Crippen LogP contribution in [-0.4, -0.2) is 13.2 Å². The standard InChI is InChI=1S/C14H21Cl2NO/c1-3-5-6-17-10-11-8-12(15)14(13(16)9-11)18-7-4-2/h8-9,17H,3-7,10H2,1-2H3. The molecule has 0 radical (unpaired) electrons. The van der Waals surface area contributed by atoms with Gasteiger partial charge in [-0.25, -0.2) is 0 Å². The van der Waals surface area contributed by atoms with Crippen molar-refractivity contribution in [2.75, 3.05) is 13.2 Å². The van der Waals surface area contributed by atoms with Crippen molar-refractivity contribution in [1.82, 2.24) is 5.32 Å². The Morgan fingerprint density at radius 2 is 1.78 bits per heavy atom. The second-order valence-electron chi connectivity index (χ2n) is 4.27. The topological polar surface area (TPSA) is 21.3 Å². The van der Waals surface area contributed by atoms with Gasteiger partial charge in [0.05, 0.1) is 16.7 Å². The van der Waals surface area contributed by atoms with Gasteiger partial charge in [-0.15, -0.1) is 0 Å². The third-order valence-electron chi connectivity index (χ3n) is 2.54. The van der Waals surface area contributed by atoms with Crippen LogP contribution in [0.2, 0.25) is 10.0 Å². The zero-order valence-corrected chi connectivity index (χ0v) is 12.6. The van der Waals surface area contributed by atoms with Crippen LogP contribution in [0.25, 0.3) is 0 Å². The van der Waals surface area contributed by atoms with Crippen molar-refractivity contribution in [3.05, 3.63) is 27.7 Å². The van der Waals surface area contributed by atoms with Crippen LogP contribution >= 0.6 is 23.2 Å². The van der Waals surface area contributed by atoms with Gasteiger partial charge in [-0.2, -0.15) is 0 Å². The van der Waals surface area contributed by atoms with E-state index in [1.54, 1.807) is 0 Å². The second kappa shape index (κ2) is 8.63. The van der Waals surface area contributed by atoms with Gasteiger partial charge in [-0.3, -0.25) is 0 Å². The highest BCUT2D eigenvalue weighted by atomic mass is 35.5. The average Bonchev–Trinajstić information content (AvgIpc) is 2.34. The fourth-order valence-electron chi connectivity index (χ4n) is 1.59. The van der Waals surface area contributed by atoms with Crippen molar-refractivity contribution in [3.8, 4) is 5.75 Å². The minimum atomic E-state index is 0.586. The van der Waals surface area contributed by atoms with Crippen LogP contribution in [0.3, 0.4) is 0 Å². The largest absolute Gasteiger partial charge is 0.490 e. The van der Waals surface area contributed by atoms with E-state index in [0.717, 1.165) is 25.1 Å². The molecule has 0 unspecified atom stereocenters. The minimum absolute atomic E-state index is 0.586. The smallest absolute Gasteiger partial charge is 0.156 e. The van der Waals surface area contributed by atoms with Crippen molar-refractivity contribution < 1.29 is 4.74 Å². The molecule has 2 nitrogen and oxygen atoms in total. The molecular weight excluding hydrogens is 269 g/mol. The van der Waals surface area contributed by atoms with E-state index in [0.29, 0.717) is 22.4 Å². The summed E-state index contributed by atoms with van der Waals surface area (Å²) >= 11 is 12.3. The van der Waals surface area contributed by atoms with E-state index >= 15 is 0 Å². The summed E-state index contributed by atoms with van der Waals surface area (Å²) in [6, 6.07) is 3.83. The second-order valence-corrected chi connectivity index (χ2v) is 5.08. The van der Waals surface area contributed by atoms with Crippen LogP contribution < -0.4 is 10.1 Å². The fraction of sp³-hybridized carbons (Fsp3) is 0.571. The van der Waals surface area contributed by atoms with E-state index in [2.05, 4.69) is 12.2 Å². The SMILES string of the molecule is CCCCNCc1cc(Cl)c(OCCC)c(Cl)c1. The molecule has 1 aromatic carbocycles. The lowest BCUT2D eigenvalue weighted by Gasteiger charge is -2.11. The molecule has 0 fully saturated rings. The van der Waals surface area contributed by atoms with Crippen LogP contribution in [0.5, 0.6) is 5.75 Å². The molecule has 0 heterocycles. The highest BCUT2D eigenvalue weighted by Gasteiger charge is 2.09. The van der Waals surface area contributed by atoms with Crippen LogP contribution in [0.1, 0.15) is 38.7 Å². The summed E-state index contributed by atoms with van der Waals surface area (Å²) in [4.78, 5) is 0. The van der Waals surface area contributed by atoms with Crippen molar-refractivity contribution >= 4 is 23.2 Å². The molecule has 0 aromatic heterocycles. The van der Waals surface area contributed by atoms with Gasteiger partial charge in [0.2, 0.25) is 0 Å². The van der Waals surface area contributed by atoms with E-state index in [1.807, 2.05) is 19.1 Å². The number of unbranched alkanes of at least 4 members (excludes halogenated alkanes) is 1. The number of benzene rings is 1. The molecule has 1 rings (SSSR count). The van der Waals surface area contributed by atoms with Crippen molar-refractivity contribution in [1.29, 1.82) is 0 Å². The van der Waals surface area contributed by atoms with E-state index in [9.17, 15) is 0 Å². The Kier molecular flexibility index (Phi) is 7.48. The lowest BCUT2D eigenvalue weighted by molar-refractivity contribution is 0.317. The minimum Gasteiger partial charge on any atom is -0.490 e. The van der Waals surface area contributed by atoms with Crippen LogP contribution in [0.4, 0.5) is 0 Å². The molecule has 0 aliphatic rings. The molecular formula is C14H21Cl2NO. The molecule has 0 saturated carbocycles. The first-order chi connectivity index (χ1) is 8.69. The molecule has 0 bridgehead atoms. The predicted molar refractivity (Wildman–Crippen MR) is 78.9 cm³/mol. The number of rotatable bonds is 8. The Hall–Kier alpha value is -0.440. The zero-order valence-electron chi connectivity index (χ0n) is 11.1. The molecule has 0 atom stereocenters. The summed E-state index contributed by atoms with van der Waals surface area (Å²) < 4.78 is 5.53. The maximum absolute atomic E-state index is 6.17. The summed E-state index contributed by atoms with van der Waals surface area (Å²) in [6.45, 7) is 6.66. The van der Waals surface area contributed by atoms with E-state index in [4.69, 9.17) is 27.9 Å². The van der Waals surface area contributed by atoms with E-state index < -0.39 is 0 Å². The molecule has 0 amide bonds. The van der Waals surface area contributed by atoms with Gasteiger partial charge in [0.25, 0.3) is 0 Å². The molecule has 0 aliphatic carbocycles. The van der Waals surface area contributed by atoms with Gasteiger partial charge >= 0.3 is 0 Å². The van der Waals surface area contributed by atoms with Gasteiger partial charge in [-0.05, 0) is 37.1 Å². The molecule has 1 aromatic rings. The fourth-order valence-corrected chi connectivity index (χ4v) is 2.23. The predicted octanol–water partition coefficient (Wildman–Crippen LogP) is 4.67. The monoisotopic (exact) mass is 289 g/mol. The first-order valence-corrected chi connectivity index (χ1v) is 7.26. The summed E-state index contributed by atoms with van der Waals surface area (Å²) in [5.74, 6) is 0.595. The highest BCUT2D eigenvalue weighted by molar-refractivity contribution is 6.37. The number of nitrogens with one attached hydrogen (secondary N) is 1. The molecule has 1 N–H and O–H groups in total. The molecule has 4 heteroatoms. The third kappa shape index (κ3) is 5.05. The van der Waals surface area contributed by atoms with Gasteiger partial charge in [0.15, 0.2) is 5.75 Å². The Morgan fingerprint density at radius 1 is 1.11 bits per heavy atom. The third-order valence-corrected chi connectivity index (χ3v) is 3.11. The molecule has 102 valence electrons. The summed E-state index contributed by atoms with van der Waals surface area (Å²) in [5, 5.41) is 4.53. The lowest BCUT2D eigenvalue weighted by Crippen LogP contribution is -2.14. The normalized spacial score (nSPS) is 10.7. The quantitative estimate of drug-likeness (QED) is 0.702. The van der Waals surface area contributed by atoms with E-state index in [-0.39, 0.29) is 0 Å². The van der Waals surface area contributed by atoms with E-state index in [1.165, 1.54) is 12.8 Å². The Balaban J connectivity index is 2.61. The number of ether oxygens (including phenoxy) is 1. The van der Waals surface area contributed by atoms with Crippen molar-refractivity contribution in [2.24, 2.45) is 0 Å². The van der Waals surface area contributed by atoms with Crippen LogP contribution in [0.15, 0.2) is 12.1 Å². The summed E-state index contributed by atoms with van der Waals surface area (Å²) in [7, 11) is 0. The average molecular weight is 290 g/mol. The van der Waals surface area contributed by atoms with Crippen molar-refractivity contribution in [2.45, 2.75) is 39.7 Å². The van der Waals surface area contributed by atoms with Gasteiger partial charge in [0, 0.05) is 6.54 Å². The van der Waals surface area contributed by atoms with Crippen LogP contribution in [0, 0.1) is 0 Å². The maximum Gasteiger partial charge on any atom is 0.156 e. The zero-order chi connectivity index (χ0) is 13.4. The summed E-state index contributed by atoms with van der Waals surface area (Å²) in [6.07, 6.45) is 3.31. The van der Waals surface area contributed by atoms with Gasteiger partial charge < -0.3 is 10.1 Å². The lowest BCUT2D eigenvalue weighted by atomic mass is 10.2. The Labute approximate surface area is 120 Å². The number of halogens is 2. The first kappa shape index (κ1) is 15.6. The molecule has 0 spiro atoms.